The van der Waals surface area contributed by atoms with E-state index in [2.05, 4.69) is 19.9 Å². The second-order valence-electron chi connectivity index (χ2n) is 7.20. The molecule has 1 aromatic heterocycles. The van der Waals surface area contributed by atoms with E-state index < -0.39 is 18.0 Å². The maximum Gasteiger partial charge on any atom is 0.499 e. The number of aromatic hydroxyl groups is 1. The van der Waals surface area contributed by atoms with Crippen molar-refractivity contribution >= 4 is 32.4 Å². The minimum Gasteiger partial charge on any atom is -0.508 e. The zero-order valence-corrected chi connectivity index (χ0v) is 16.8. The van der Waals surface area contributed by atoms with Crippen molar-refractivity contribution in [2.45, 2.75) is 31.2 Å². The summed E-state index contributed by atoms with van der Waals surface area (Å²) >= 11 is 1.55. The van der Waals surface area contributed by atoms with Crippen LogP contribution < -0.4 is 15.0 Å². The number of hydrogen-bond acceptors (Lipinski definition) is 6. The molecule has 3 aromatic rings. The number of rotatable bonds is 5. The third kappa shape index (κ3) is 4.76. The van der Waals surface area contributed by atoms with Crippen LogP contribution in [0.3, 0.4) is 0 Å². The van der Waals surface area contributed by atoms with Gasteiger partial charge in [0.25, 0.3) is 0 Å². The smallest absolute Gasteiger partial charge is 0.499 e. The third-order valence-corrected chi connectivity index (χ3v) is 6.02. The number of alkyl halides is 5. The summed E-state index contributed by atoms with van der Waals surface area (Å²) in [6.45, 7) is 1.50. The molecule has 2 N–H and O–H groups in total. The van der Waals surface area contributed by atoms with Crippen LogP contribution in [-0.2, 0) is 0 Å². The van der Waals surface area contributed by atoms with Crippen LogP contribution in [-0.4, -0.2) is 41.5 Å². The molecule has 0 bridgehead atoms. The Labute approximate surface area is 178 Å². The Bertz CT molecular complexity index is 1050. The molecule has 0 spiro atoms. The van der Waals surface area contributed by atoms with Gasteiger partial charge in [-0.05, 0) is 49.2 Å². The zero-order valence-electron chi connectivity index (χ0n) is 16.0. The number of ether oxygens (including phenoxy) is 1. The van der Waals surface area contributed by atoms with Crippen LogP contribution in [0.4, 0.5) is 32.8 Å². The van der Waals surface area contributed by atoms with Gasteiger partial charge in [0.2, 0.25) is 0 Å². The van der Waals surface area contributed by atoms with E-state index in [1.54, 1.807) is 23.5 Å². The molecule has 2 aromatic carbocycles. The SMILES string of the molecule is Oc1ccc2sc(N3CCC(Nc4ccc(OC(F)(F)C(F)(F)F)cc4)CC3)nc2c1. The van der Waals surface area contributed by atoms with E-state index in [9.17, 15) is 27.1 Å². The van der Waals surface area contributed by atoms with Gasteiger partial charge in [-0.3, -0.25) is 0 Å². The molecule has 0 aliphatic carbocycles. The fourth-order valence-corrected chi connectivity index (χ4v) is 4.31. The summed E-state index contributed by atoms with van der Waals surface area (Å²) < 4.78 is 67.4. The average molecular weight is 459 g/mol. The molecule has 0 radical (unpaired) electrons. The normalized spacial score (nSPS) is 16.0. The first kappa shape index (κ1) is 21.4. The fraction of sp³-hybridized carbons (Fsp3) is 0.350. The van der Waals surface area contributed by atoms with Crippen molar-refractivity contribution in [3.05, 3.63) is 42.5 Å². The molecule has 31 heavy (non-hydrogen) atoms. The summed E-state index contributed by atoms with van der Waals surface area (Å²) in [4.78, 5) is 6.73. The van der Waals surface area contributed by atoms with Gasteiger partial charge in [-0.2, -0.15) is 22.0 Å². The van der Waals surface area contributed by atoms with Crippen LogP contribution in [0.1, 0.15) is 12.8 Å². The van der Waals surface area contributed by atoms with Gasteiger partial charge < -0.3 is 20.1 Å². The Morgan fingerprint density at radius 2 is 1.71 bits per heavy atom. The van der Waals surface area contributed by atoms with Crippen molar-refractivity contribution in [2.24, 2.45) is 0 Å². The molecule has 1 aliphatic rings. The van der Waals surface area contributed by atoms with Crippen molar-refractivity contribution in [2.75, 3.05) is 23.3 Å². The van der Waals surface area contributed by atoms with E-state index in [0.29, 0.717) is 5.69 Å². The Morgan fingerprint density at radius 3 is 2.35 bits per heavy atom. The summed E-state index contributed by atoms with van der Waals surface area (Å²) in [5.74, 6) is -0.393. The Hall–Kier alpha value is -2.82. The molecule has 0 atom stereocenters. The summed E-state index contributed by atoms with van der Waals surface area (Å²) in [5.41, 5.74) is 1.36. The van der Waals surface area contributed by atoms with Gasteiger partial charge in [-0.25, -0.2) is 4.98 Å². The number of halogens is 5. The van der Waals surface area contributed by atoms with Crippen LogP contribution in [0.25, 0.3) is 10.2 Å². The molecule has 0 unspecified atom stereocenters. The molecule has 2 heterocycles. The first-order chi connectivity index (χ1) is 14.6. The number of thiazole rings is 1. The fourth-order valence-electron chi connectivity index (χ4n) is 3.31. The second kappa shape index (κ2) is 8.03. The highest BCUT2D eigenvalue weighted by molar-refractivity contribution is 7.22. The van der Waals surface area contributed by atoms with Crippen LogP contribution >= 0.6 is 11.3 Å². The molecule has 5 nitrogen and oxygen atoms in total. The molecular weight excluding hydrogens is 441 g/mol. The lowest BCUT2D eigenvalue weighted by Gasteiger charge is -2.32. The molecule has 1 aliphatic heterocycles. The molecule has 4 rings (SSSR count). The monoisotopic (exact) mass is 459 g/mol. The van der Waals surface area contributed by atoms with Crippen LogP contribution in [0.2, 0.25) is 0 Å². The first-order valence-electron chi connectivity index (χ1n) is 9.45. The highest BCUT2D eigenvalue weighted by Crippen LogP contribution is 2.37. The molecule has 0 saturated carbocycles. The zero-order chi connectivity index (χ0) is 22.2. The molecule has 0 amide bonds. The minimum atomic E-state index is -5.78. The highest BCUT2D eigenvalue weighted by atomic mass is 32.1. The van der Waals surface area contributed by atoms with E-state index in [0.717, 1.165) is 53.4 Å². The molecular formula is C20H18F5N3O2S. The van der Waals surface area contributed by atoms with E-state index in [1.807, 2.05) is 6.07 Å². The maximum absolute atomic E-state index is 13.0. The largest absolute Gasteiger partial charge is 0.508 e. The van der Waals surface area contributed by atoms with E-state index in [4.69, 9.17) is 0 Å². The van der Waals surface area contributed by atoms with Gasteiger partial charge in [0.05, 0.1) is 10.2 Å². The van der Waals surface area contributed by atoms with Gasteiger partial charge in [-0.1, -0.05) is 11.3 Å². The number of nitrogens with one attached hydrogen (secondary N) is 1. The predicted octanol–water partition coefficient (Wildman–Crippen LogP) is 5.62. The molecule has 166 valence electrons. The van der Waals surface area contributed by atoms with Crippen LogP contribution in [0.5, 0.6) is 11.5 Å². The number of anilines is 2. The summed E-state index contributed by atoms with van der Waals surface area (Å²) in [6, 6.07) is 10.2. The van der Waals surface area contributed by atoms with Crippen LogP contribution in [0.15, 0.2) is 42.5 Å². The lowest BCUT2D eigenvalue weighted by molar-refractivity contribution is -0.360. The van der Waals surface area contributed by atoms with Crippen molar-refractivity contribution in [3.8, 4) is 11.5 Å². The standard InChI is InChI=1S/C20H18F5N3O2S/c21-19(22,23)20(24,25)30-15-4-1-12(2-5-15)26-13-7-9-28(10-8-13)18-27-16-11-14(29)3-6-17(16)31-18/h1-6,11,13,26,29H,7-10H2. The number of piperidine rings is 1. The lowest BCUT2D eigenvalue weighted by Crippen LogP contribution is -2.41. The maximum atomic E-state index is 13.0. The Kier molecular flexibility index (Phi) is 5.54. The topological polar surface area (TPSA) is 57.6 Å². The van der Waals surface area contributed by atoms with Gasteiger partial charge in [0.1, 0.15) is 11.5 Å². The van der Waals surface area contributed by atoms with Crippen LogP contribution in [0, 0.1) is 0 Å². The van der Waals surface area contributed by atoms with Gasteiger partial charge >= 0.3 is 12.3 Å². The number of phenolic OH excluding ortho intramolecular Hbond substituents is 1. The van der Waals surface area contributed by atoms with Crippen molar-refractivity contribution < 1.29 is 31.8 Å². The van der Waals surface area contributed by atoms with E-state index in [-0.39, 0.29) is 11.8 Å². The number of nitrogens with zero attached hydrogens (tertiary/aromatic N) is 2. The summed E-state index contributed by atoms with van der Waals surface area (Å²) in [6.07, 6.45) is -9.42. The Morgan fingerprint density at radius 1 is 1.03 bits per heavy atom. The van der Waals surface area contributed by atoms with E-state index >= 15 is 0 Å². The number of hydrogen-bond donors (Lipinski definition) is 2. The minimum absolute atomic E-state index is 0.123. The number of phenols is 1. The number of fused-ring (bicyclic) bond motifs is 1. The molecule has 1 fully saturated rings. The van der Waals surface area contributed by atoms with Gasteiger partial charge in [0, 0.05) is 30.9 Å². The average Bonchev–Trinajstić information content (AvgIpc) is 3.12. The van der Waals surface area contributed by atoms with Gasteiger partial charge in [-0.15, -0.1) is 0 Å². The highest BCUT2D eigenvalue weighted by Gasteiger charge is 2.61. The first-order valence-corrected chi connectivity index (χ1v) is 10.3. The quantitative estimate of drug-likeness (QED) is 0.486. The van der Waals surface area contributed by atoms with Gasteiger partial charge in [0.15, 0.2) is 5.13 Å². The van der Waals surface area contributed by atoms with Crippen molar-refractivity contribution in [3.63, 3.8) is 0 Å². The number of aromatic nitrogens is 1. The van der Waals surface area contributed by atoms with E-state index in [1.165, 1.54) is 12.1 Å². The van der Waals surface area contributed by atoms with Crippen molar-refractivity contribution in [1.29, 1.82) is 0 Å². The predicted molar refractivity (Wildman–Crippen MR) is 108 cm³/mol. The molecule has 1 saturated heterocycles. The second-order valence-corrected chi connectivity index (χ2v) is 8.20. The summed E-state index contributed by atoms with van der Waals surface area (Å²) in [5, 5.41) is 13.7. The lowest BCUT2D eigenvalue weighted by atomic mass is 10.1. The van der Waals surface area contributed by atoms with Crippen molar-refractivity contribution in [1.82, 2.24) is 4.98 Å². The Balaban J connectivity index is 1.32. The summed E-state index contributed by atoms with van der Waals surface area (Å²) in [7, 11) is 0. The number of benzene rings is 2. The molecule has 11 heteroatoms. The third-order valence-electron chi connectivity index (χ3n) is 4.93.